The number of nitrogens with one attached hydrogen (secondary N) is 2. The minimum Gasteiger partial charge on any atom is -0.381 e. The van der Waals surface area contributed by atoms with Gasteiger partial charge in [0.25, 0.3) is 0 Å². The Bertz CT molecular complexity index is 491. The van der Waals surface area contributed by atoms with Crippen molar-refractivity contribution in [3.05, 3.63) is 35.9 Å². The van der Waals surface area contributed by atoms with Crippen LogP contribution >= 0.6 is 0 Å². The zero-order valence-electron chi connectivity index (χ0n) is 13.9. The van der Waals surface area contributed by atoms with Crippen molar-refractivity contribution < 1.29 is 9.53 Å². The highest BCUT2D eigenvalue weighted by Crippen LogP contribution is 2.35. The van der Waals surface area contributed by atoms with Crippen LogP contribution in [0.4, 0.5) is 0 Å². The topological polar surface area (TPSA) is 50.4 Å². The van der Waals surface area contributed by atoms with Crippen LogP contribution in [0.5, 0.6) is 0 Å². The van der Waals surface area contributed by atoms with Gasteiger partial charge in [-0.2, -0.15) is 0 Å². The molecule has 2 saturated heterocycles. The summed E-state index contributed by atoms with van der Waals surface area (Å²) in [7, 11) is 0. The number of hydrogen-bond donors (Lipinski definition) is 2. The number of amides is 1. The van der Waals surface area contributed by atoms with Crippen LogP contribution < -0.4 is 10.6 Å². The van der Waals surface area contributed by atoms with Gasteiger partial charge < -0.3 is 15.4 Å². The number of benzene rings is 1. The van der Waals surface area contributed by atoms with Crippen molar-refractivity contribution in [3.63, 3.8) is 0 Å². The molecule has 2 heterocycles. The zero-order chi connectivity index (χ0) is 16.0. The molecule has 0 bridgehead atoms. The predicted octanol–water partition coefficient (Wildman–Crippen LogP) is 2.24. The van der Waals surface area contributed by atoms with E-state index in [9.17, 15) is 4.79 Å². The molecule has 2 aliphatic heterocycles. The minimum atomic E-state index is -0.412. The highest BCUT2D eigenvalue weighted by molar-refractivity contribution is 5.88. The molecule has 1 amide bonds. The standard InChI is InChI=1S/C19H28N2O2/c22-18(21-12-8-16-5-4-11-20-15-16)19(9-13-23-14-10-19)17-6-2-1-3-7-17/h1-3,6-7,16,20H,4-5,8-15H2,(H,21,22). The highest BCUT2D eigenvalue weighted by Gasteiger charge is 2.41. The molecule has 0 aliphatic carbocycles. The molecule has 0 saturated carbocycles. The Morgan fingerprint density at radius 3 is 2.74 bits per heavy atom. The highest BCUT2D eigenvalue weighted by atomic mass is 16.5. The normalized spacial score (nSPS) is 24.1. The molecule has 1 aromatic carbocycles. The summed E-state index contributed by atoms with van der Waals surface area (Å²) in [6.07, 6.45) is 5.15. The maximum absolute atomic E-state index is 13.0. The van der Waals surface area contributed by atoms with Crippen molar-refractivity contribution in [1.29, 1.82) is 0 Å². The molecule has 1 aromatic rings. The maximum atomic E-state index is 13.0. The minimum absolute atomic E-state index is 0.177. The first-order chi connectivity index (χ1) is 11.3. The van der Waals surface area contributed by atoms with Gasteiger partial charge in [-0.15, -0.1) is 0 Å². The molecule has 0 radical (unpaired) electrons. The van der Waals surface area contributed by atoms with E-state index in [0.29, 0.717) is 19.1 Å². The van der Waals surface area contributed by atoms with Crippen LogP contribution in [0.2, 0.25) is 0 Å². The third-order valence-corrected chi connectivity index (χ3v) is 5.34. The van der Waals surface area contributed by atoms with E-state index < -0.39 is 5.41 Å². The van der Waals surface area contributed by atoms with Gasteiger partial charge in [-0.1, -0.05) is 30.3 Å². The van der Waals surface area contributed by atoms with Crippen LogP contribution in [0.25, 0.3) is 0 Å². The van der Waals surface area contributed by atoms with E-state index in [0.717, 1.165) is 44.5 Å². The number of piperidine rings is 1. The maximum Gasteiger partial charge on any atom is 0.230 e. The summed E-state index contributed by atoms with van der Waals surface area (Å²) in [5.41, 5.74) is 0.713. The molecular formula is C19H28N2O2. The summed E-state index contributed by atoms with van der Waals surface area (Å²) in [5, 5.41) is 6.66. The van der Waals surface area contributed by atoms with Crippen molar-refractivity contribution >= 4 is 5.91 Å². The van der Waals surface area contributed by atoms with E-state index in [-0.39, 0.29) is 5.91 Å². The lowest BCUT2D eigenvalue weighted by molar-refractivity contribution is -0.130. The van der Waals surface area contributed by atoms with Gasteiger partial charge in [-0.05, 0) is 56.7 Å². The SMILES string of the molecule is O=C(NCCC1CCCNC1)C1(c2ccccc2)CCOCC1. The molecule has 2 fully saturated rings. The van der Waals surface area contributed by atoms with Gasteiger partial charge >= 0.3 is 0 Å². The summed E-state index contributed by atoms with van der Waals surface area (Å²) in [6, 6.07) is 10.2. The van der Waals surface area contributed by atoms with Crippen LogP contribution in [0, 0.1) is 5.92 Å². The first kappa shape index (κ1) is 16.5. The Hall–Kier alpha value is -1.39. The lowest BCUT2D eigenvalue weighted by atomic mass is 9.73. The third kappa shape index (κ3) is 3.93. The molecule has 1 atom stereocenters. The van der Waals surface area contributed by atoms with Gasteiger partial charge in [0, 0.05) is 19.8 Å². The lowest BCUT2D eigenvalue weighted by Crippen LogP contribution is -2.48. The van der Waals surface area contributed by atoms with Gasteiger partial charge in [0.15, 0.2) is 0 Å². The molecule has 126 valence electrons. The summed E-state index contributed by atoms with van der Waals surface area (Å²) in [6.45, 7) is 4.33. The zero-order valence-corrected chi connectivity index (χ0v) is 13.9. The number of ether oxygens (including phenoxy) is 1. The summed E-state index contributed by atoms with van der Waals surface area (Å²) < 4.78 is 5.51. The third-order valence-electron chi connectivity index (χ3n) is 5.34. The van der Waals surface area contributed by atoms with Gasteiger partial charge in [0.2, 0.25) is 5.91 Å². The fraction of sp³-hybridized carbons (Fsp3) is 0.632. The smallest absolute Gasteiger partial charge is 0.230 e. The summed E-state index contributed by atoms with van der Waals surface area (Å²) in [4.78, 5) is 13.0. The Morgan fingerprint density at radius 2 is 2.04 bits per heavy atom. The largest absolute Gasteiger partial charge is 0.381 e. The van der Waals surface area contributed by atoms with Gasteiger partial charge in [-0.3, -0.25) is 4.79 Å². The number of hydrogen-bond acceptors (Lipinski definition) is 3. The quantitative estimate of drug-likeness (QED) is 0.876. The van der Waals surface area contributed by atoms with Crippen molar-refractivity contribution in [2.75, 3.05) is 32.8 Å². The second kappa shape index (κ2) is 7.93. The molecule has 4 nitrogen and oxygen atoms in total. The van der Waals surface area contributed by atoms with Crippen LogP contribution in [-0.2, 0) is 14.9 Å². The summed E-state index contributed by atoms with van der Waals surface area (Å²) in [5.74, 6) is 0.877. The van der Waals surface area contributed by atoms with Gasteiger partial charge in [0.05, 0.1) is 5.41 Å². The lowest BCUT2D eigenvalue weighted by Gasteiger charge is -2.36. The van der Waals surface area contributed by atoms with E-state index in [1.165, 1.54) is 12.8 Å². The van der Waals surface area contributed by atoms with Gasteiger partial charge in [0.1, 0.15) is 0 Å². The van der Waals surface area contributed by atoms with Crippen molar-refractivity contribution in [2.24, 2.45) is 5.92 Å². The van der Waals surface area contributed by atoms with E-state index in [2.05, 4.69) is 22.8 Å². The second-order valence-electron chi connectivity index (χ2n) is 6.82. The molecule has 0 spiro atoms. The summed E-state index contributed by atoms with van der Waals surface area (Å²) >= 11 is 0. The fourth-order valence-corrected chi connectivity index (χ4v) is 3.85. The number of carbonyl (C=O) groups is 1. The fourth-order valence-electron chi connectivity index (χ4n) is 3.85. The Kier molecular flexibility index (Phi) is 5.68. The van der Waals surface area contributed by atoms with E-state index >= 15 is 0 Å². The van der Waals surface area contributed by atoms with E-state index in [4.69, 9.17) is 4.74 Å². The van der Waals surface area contributed by atoms with Crippen molar-refractivity contribution in [1.82, 2.24) is 10.6 Å². The second-order valence-corrected chi connectivity index (χ2v) is 6.82. The van der Waals surface area contributed by atoms with Gasteiger partial charge in [-0.25, -0.2) is 0 Å². The van der Waals surface area contributed by atoms with Crippen molar-refractivity contribution in [3.8, 4) is 0 Å². The predicted molar refractivity (Wildman–Crippen MR) is 91.4 cm³/mol. The Labute approximate surface area is 139 Å². The average Bonchev–Trinajstić information content (AvgIpc) is 2.64. The molecule has 3 rings (SSSR count). The van der Waals surface area contributed by atoms with E-state index in [1.54, 1.807) is 0 Å². The molecule has 4 heteroatoms. The molecule has 1 unspecified atom stereocenters. The van der Waals surface area contributed by atoms with Crippen LogP contribution in [0.15, 0.2) is 30.3 Å². The van der Waals surface area contributed by atoms with Crippen LogP contribution in [0.1, 0.15) is 37.7 Å². The Morgan fingerprint density at radius 1 is 1.26 bits per heavy atom. The van der Waals surface area contributed by atoms with Crippen LogP contribution in [-0.4, -0.2) is 38.8 Å². The molecular weight excluding hydrogens is 288 g/mol. The Balaban J connectivity index is 1.61. The molecule has 2 N–H and O–H groups in total. The van der Waals surface area contributed by atoms with Crippen molar-refractivity contribution in [2.45, 2.75) is 37.5 Å². The monoisotopic (exact) mass is 316 g/mol. The first-order valence-corrected chi connectivity index (χ1v) is 8.93. The molecule has 2 aliphatic rings. The van der Waals surface area contributed by atoms with E-state index in [1.807, 2.05) is 18.2 Å². The molecule has 0 aromatic heterocycles. The molecule has 23 heavy (non-hydrogen) atoms. The number of rotatable bonds is 5. The van der Waals surface area contributed by atoms with Crippen LogP contribution in [0.3, 0.4) is 0 Å². The number of carbonyl (C=O) groups excluding carboxylic acids is 1. The average molecular weight is 316 g/mol. The first-order valence-electron chi connectivity index (χ1n) is 8.93.